The molecule has 0 N–H and O–H groups in total. The fourth-order valence-corrected chi connectivity index (χ4v) is 5.02. The van der Waals surface area contributed by atoms with E-state index in [1.807, 2.05) is 6.92 Å². The minimum Gasteiger partial charge on any atom is -0.328 e. The van der Waals surface area contributed by atoms with Crippen LogP contribution in [0.5, 0.6) is 0 Å². The molecule has 1 rings (SSSR count). The predicted octanol–water partition coefficient (Wildman–Crippen LogP) is 4.98. The molecule has 1 aliphatic carbocycles. The maximum Gasteiger partial charge on any atom is 0.398 e. The summed E-state index contributed by atoms with van der Waals surface area (Å²) >= 11 is 0. The summed E-state index contributed by atoms with van der Waals surface area (Å²) in [7, 11) is -3.57. The molecule has 0 radical (unpaired) electrons. The van der Waals surface area contributed by atoms with Crippen LogP contribution in [0.15, 0.2) is 0 Å². The lowest BCUT2D eigenvalue weighted by molar-refractivity contribution is -0.108. The second kappa shape index (κ2) is 6.95. The van der Waals surface area contributed by atoms with Crippen LogP contribution in [-0.2, 0) is 9.09 Å². The largest absolute Gasteiger partial charge is 0.398 e. The monoisotopic (exact) mass is 286 g/mol. The van der Waals surface area contributed by atoms with E-state index in [1.54, 1.807) is 0 Å². The lowest BCUT2D eigenvalue weighted by Gasteiger charge is -2.30. The van der Waals surface area contributed by atoms with Crippen molar-refractivity contribution in [3.05, 3.63) is 0 Å². The molecule has 1 aliphatic rings. The molecule has 18 heavy (non-hydrogen) atoms. The third-order valence-corrected chi connectivity index (χ3v) is 6.39. The van der Waals surface area contributed by atoms with Crippen LogP contribution in [0.4, 0.5) is 13.2 Å². The van der Waals surface area contributed by atoms with Crippen LogP contribution < -0.4 is 0 Å². The summed E-state index contributed by atoms with van der Waals surface area (Å²) in [5.41, 5.74) is -0.385. The van der Waals surface area contributed by atoms with Crippen molar-refractivity contribution in [2.45, 2.75) is 63.7 Å². The average Bonchev–Trinajstić information content (AvgIpc) is 2.28. The third kappa shape index (κ3) is 5.31. The van der Waals surface area contributed by atoms with Gasteiger partial charge in [-0.05, 0) is 19.3 Å². The van der Waals surface area contributed by atoms with Crippen molar-refractivity contribution in [3.8, 4) is 0 Å². The van der Waals surface area contributed by atoms with Gasteiger partial charge in [-0.2, -0.15) is 13.2 Å². The zero-order valence-corrected chi connectivity index (χ0v) is 11.7. The number of rotatable bonds is 6. The normalized spacial score (nSPS) is 21.8. The van der Waals surface area contributed by atoms with Gasteiger partial charge in [-0.3, -0.25) is 4.57 Å². The molecule has 1 fully saturated rings. The second-order valence-corrected chi connectivity index (χ2v) is 7.74. The molecular formula is C12H22F3O2P. The molecule has 0 spiro atoms. The first-order valence-electron chi connectivity index (χ1n) is 6.67. The molecule has 1 unspecified atom stereocenters. The highest BCUT2D eigenvalue weighted by atomic mass is 31.2. The lowest BCUT2D eigenvalue weighted by atomic mass is 10.0. The molecule has 0 amide bonds. The Bertz CT molecular complexity index is 286. The topological polar surface area (TPSA) is 26.3 Å². The van der Waals surface area contributed by atoms with E-state index in [1.165, 1.54) is 0 Å². The molecule has 1 atom stereocenters. The van der Waals surface area contributed by atoms with E-state index in [4.69, 9.17) is 4.52 Å². The highest BCUT2D eigenvalue weighted by Gasteiger charge is 2.44. The Kier molecular flexibility index (Phi) is 6.19. The minimum atomic E-state index is -4.40. The summed E-state index contributed by atoms with van der Waals surface area (Å²) in [6, 6.07) is 0. The number of halogens is 3. The van der Waals surface area contributed by atoms with Gasteiger partial charge in [0.15, 0.2) is 0 Å². The zero-order chi connectivity index (χ0) is 13.6. The van der Waals surface area contributed by atoms with Crippen molar-refractivity contribution in [2.24, 2.45) is 0 Å². The molecule has 0 aromatic rings. The van der Waals surface area contributed by atoms with Gasteiger partial charge in [0, 0.05) is 5.66 Å². The van der Waals surface area contributed by atoms with E-state index in [0.29, 0.717) is 19.3 Å². The van der Waals surface area contributed by atoms with Crippen molar-refractivity contribution in [3.63, 3.8) is 0 Å². The quantitative estimate of drug-likeness (QED) is 0.508. The summed E-state index contributed by atoms with van der Waals surface area (Å²) in [4.78, 5) is 0. The Labute approximate surface area is 107 Å². The Hall–Kier alpha value is -0.0200. The first-order chi connectivity index (χ1) is 8.37. The van der Waals surface area contributed by atoms with Gasteiger partial charge in [0.2, 0.25) is 7.37 Å². The van der Waals surface area contributed by atoms with Gasteiger partial charge < -0.3 is 4.52 Å². The van der Waals surface area contributed by atoms with Gasteiger partial charge in [-0.1, -0.05) is 32.6 Å². The van der Waals surface area contributed by atoms with Gasteiger partial charge in [0.25, 0.3) is 0 Å². The van der Waals surface area contributed by atoms with Crippen molar-refractivity contribution in [1.82, 2.24) is 0 Å². The summed E-state index contributed by atoms with van der Waals surface area (Å²) in [5, 5.41) is 0. The molecule has 6 heteroatoms. The number of hydrogen-bond acceptors (Lipinski definition) is 2. The van der Waals surface area contributed by atoms with Crippen molar-refractivity contribution < 1.29 is 22.3 Å². The van der Waals surface area contributed by atoms with E-state index in [9.17, 15) is 17.7 Å². The van der Waals surface area contributed by atoms with Gasteiger partial charge in [-0.25, -0.2) is 0 Å². The Morgan fingerprint density at radius 1 is 1.22 bits per heavy atom. The fraction of sp³-hybridized carbons (Fsp3) is 1.00. The smallest absolute Gasteiger partial charge is 0.328 e. The molecule has 0 heterocycles. The van der Waals surface area contributed by atoms with Crippen LogP contribution in [0, 0.1) is 0 Å². The molecule has 0 aliphatic heterocycles. The standard InChI is InChI=1S/C12H22F3O2P/c1-2-3-9-17-18(16,10-12(13,14)15)11-7-5-4-6-8-11/h11H,2-10H2,1H3. The molecule has 2 nitrogen and oxygen atoms in total. The van der Waals surface area contributed by atoms with Crippen molar-refractivity contribution in [1.29, 1.82) is 0 Å². The maximum absolute atomic E-state index is 12.6. The minimum absolute atomic E-state index is 0.181. The van der Waals surface area contributed by atoms with E-state index in [0.717, 1.165) is 25.7 Å². The molecule has 1 saturated carbocycles. The van der Waals surface area contributed by atoms with Crippen molar-refractivity contribution >= 4 is 7.37 Å². The average molecular weight is 286 g/mol. The molecule has 0 aromatic carbocycles. The Balaban J connectivity index is 2.68. The Morgan fingerprint density at radius 2 is 1.83 bits per heavy atom. The van der Waals surface area contributed by atoms with E-state index < -0.39 is 19.7 Å². The van der Waals surface area contributed by atoms with Crippen LogP contribution in [0.25, 0.3) is 0 Å². The summed E-state index contributed by atoms with van der Waals surface area (Å²) < 4.78 is 55.4. The maximum atomic E-state index is 12.6. The highest BCUT2D eigenvalue weighted by Crippen LogP contribution is 2.59. The third-order valence-electron chi connectivity index (χ3n) is 3.34. The summed E-state index contributed by atoms with van der Waals surface area (Å²) in [6.45, 7) is 2.11. The first kappa shape index (κ1) is 16.0. The first-order valence-corrected chi connectivity index (χ1v) is 8.55. The van der Waals surface area contributed by atoms with E-state index in [-0.39, 0.29) is 12.3 Å². The predicted molar refractivity (Wildman–Crippen MR) is 66.3 cm³/mol. The fourth-order valence-electron chi connectivity index (χ4n) is 2.37. The van der Waals surface area contributed by atoms with E-state index >= 15 is 0 Å². The second-order valence-electron chi connectivity index (χ2n) is 4.98. The summed E-state index contributed by atoms with van der Waals surface area (Å²) in [5.74, 6) is 0. The molecular weight excluding hydrogens is 264 g/mol. The van der Waals surface area contributed by atoms with Crippen molar-refractivity contribution in [2.75, 3.05) is 12.8 Å². The molecule has 0 bridgehead atoms. The van der Waals surface area contributed by atoms with Crippen LogP contribution in [-0.4, -0.2) is 24.6 Å². The SMILES string of the molecule is CCCCOP(=O)(CC(F)(F)F)C1CCCCC1. The van der Waals surface area contributed by atoms with E-state index in [2.05, 4.69) is 0 Å². The summed E-state index contributed by atoms with van der Waals surface area (Å²) in [6.07, 6.45) is -0.192. The highest BCUT2D eigenvalue weighted by molar-refractivity contribution is 7.59. The molecule has 0 aromatic heterocycles. The zero-order valence-electron chi connectivity index (χ0n) is 10.8. The van der Waals surface area contributed by atoms with Crippen LogP contribution in [0.2, 0.25) is 0 Å². The van der Waals surface area contributed by atoms with Gasteiger partial charge in [0.1, 0.15) is 6.16 Å². The molecule has 0 saturated heterocycles. The Morgan fingerprint density at radius 3 is 2.33 bits per heavy atom. The van der Waals surface area contributed by atoms with Crippen LogP contribution >= 0.6 is 7.37 Å². The van der Waals surface area contributed by atoms with Gasteiger partial charge in [-0.15, -0.1) is 0 Å². The van der Waals surface area contributed by atoms with Crippen LogP contribution in [0.3, 0.4) is 0 Å². The number of hydrogen-bond donors (Lipinski definition) is 0. The van der Waals surface area contributed by atoms with Crippen LogP contribution in [0.1, 0.15) is 51.9 Å². The molecule has 108 valence electrons. The number of alkyl halides is 3. The van der Waals surface area contributed by atoms with Gasteiger partial charge in [0.05, 0.1) is 6.61 Å². The number of unbranched alkanes of at least 4 members (excludes halogenated alkanes) is 1. The lowest BCUT2D eigenvalue weighted by Crippen LogP contribution is -2.24. The van der Waals surface area contributed by atoms with Gasteiger partial charge >= 0.3 is 6.18 Å².